The lowest BCUT2D eigenvalue weighted by Gasteiger charge is -2.17. The number of primary amides is 1. The second kappa shape index (κ2) is 19.5. The molecule has 0 saturated heterocycles. The van der Waals surface area contributed by atoms with Crippen LogP contribution in [0.25, 0.3) is 0 Å². The minimum atomic E-state index is -0.511. The van der Waals surface area contributed by atoms with Crippen LogP contribution < -0.4 is 5.73 Å². The molecule has 1 amide bonds. The summed E-state index contributed by atoms with van der Waals surface area (Å²) in [5.74, 6) is 1.43. The molecule has 0 aliphatic rings. The number of rotatable bonds is 8. The molecule has 0 bridgehead atoms. The van der Waals surface area contributed by atoms with Gasteiger partial charge in [-0.15, -0.1) is 0 Å². The van der Waals surface area contributed by atoms with Gasteiger partial charge in [0.05, 0.1) is 0 Å². The van der Waals surface area contributed by atoms with E-state index in [1.54, 1.807) is 25.1 Å². The Balaban J connectivity index is 0. The van der Waals surface area contributed by atoms with Gasteiger partial charge in [-0.2, -0.15) is 0 Å². The minimum absolute atomic E-state index is 0.0214. The number of nitrogens with two attached hydrogens (primary N) is 1. The second-order valence-corrected chi connectivity index (χ2v) is 9.04. The van der Waals surface area contributed by atoms with Crippen molar-refractivity contribution >= 4 is 17.5 Å². The molecule has 0 aromatic heterocycles. The number of hydrogen-bond acceptors (Lipinski definition) is 3. The molecule has 0 aliphatic carbocycles. The Kier molecular flexibility index (Phi) is 19.2. The van der Waals surface area contributed by atoms with Crippen LogP contribution in [0.4, 0.5) is 0 Å². The Bertz CT molecular complexity index is 884. The summed E-state index contributed by atoms with van der Waals surface area (Å²) in [6.07, 6.45) is 4.11. The van der Waals surface area contributed by atoms with Crippen molar-refractivity contribution in [1.29, 1.82) is 0 Å². The van der Waals surface area contributed by atoms with Crippen LogP contribution in [-0.2, 0) is 0 Å². The van der Waals surface area contributed by atoms with Crippen LogP contribution in [0.3, 0.4) is 0 Å². The third-order valence-electron chi connectivity index (χ3n) is 5.61. The molecule has 0 saturated carbocycles. The zero-order valence-electron chi connectivity index (χ0n) is 23.8. The first-order valence-corrected chi connectivity index (χ1v) is 13.0. The van der Waals surface area contributed by atoms with Crippen molar-refractivity contribution in [2.24, 2.45) is 23.5 Å². The number of aryl methyl sites for hydroxylation is 1. The van der Waals surface area contributed by atoms with E-state index in [2.05, 4.69) is 27.7 Å². The SMILES string of the molecule is CC.CC(=O)c1ccccc1C.CC(C)C(=O)c1cccc(C(N)=O)c1.CCCC(CC)C(C)C. The van der Waals surface area contributed by atoms with Gasteiger partial charge in [0.15, 0.2) is 11.6 Å². The van der Waals surface area contributed by atoms with Gasteiger partial charge in [0, 0.05) is 22.6 Å². The predicted octanol–water partition coefficient (Wildman–Crippen LogP) is 8.32. The molecule has 2 N–H and O–H groups in total. The molecule has 1 unspecified atom stereocenters. The number of benzene rings is 2. The molecule has 0 heterocycles. The van der Waals surface area contributed by atoms with E-state index in [1.807, 2.05) is 58.9 Å². The van der Waals surface area contributed by atoms with Crippen LogP contribution in [-0.4, -0.2) is 17.5 Å². The van der Waals surface area contributed by atoms with E-state index >= 15 is 0 Å². The van der Waals surface area contributed by atoms with Gasteiger partial charge in [-0.1, -0.05) is 111 Å². The Morgan fingerprint density at radius 3 is 1.74 bits per heavy atom. The normalized spacial score (nSPS) is 10.6. The van der Waals surface area contributed by atoms with Crippen molar-refractivity contribution in [3.05, 3.63) is 70.8 Å². The summed E-state index contributed by atoms with van der Waals surface area (Å²) in [5, 5.41) is 0. The van der Waals surface area contributed by atoms with Crippen LogP contribution in [0.5, 0.6) is 0 Å². The summed E-state index contributed by atoms with van der Waals surface area (Å²) in [4.78, 5) is 33.3. The predicted molar refractivity (Wildman–Crippen MR) is 150 cm³/mol. The van der Waals surface area contributed by atoms with E-state index in [0.29, 0.717) is 11.1 Å². The fourth-order valence-corrected chi connectivity index (χ4v) is 3.51. The van der Waals surface area contributed by atoms with Crippen molar-refractivity contribution in [3.8, 4) is 0 Å². The monoisotopic (exact) mass is 483 g/mol. The lowest BCUT2D eigenvalue weighted by molar-refractivity contribution is 0.0938. The Labute approximate surface area is 214 Å². The van der Waals surface area contributed by atoms with Crippen LogP contribution in [0.1, 0.15) is 118 Å². The first kappa shape index (κ1) is 34.4. The molecule has 2 rings (SSSR count). The molecule has 1 atom stereocenters. The summed E-state index contributed by atoms with van der Waals surface area (Å²) in [6, 6.07) is 14.1. The maximum Gasteiger partial charge on any atom is 0.248 e. The largest absolute Gasteiger partial charge is 0.366 e. The number of carbonyl (C=O) groups is 3. The van der Waals surface area contributed by atoms with Gasteiger partial charge in [0.1, 0.15) is 0 Å². The maximum atomic E-state index is 11.6. The molecule has 4 nitrogen and oxygen atoms in total. The van der Waals surface area contributed by atoms with Gasteiger partial charge < -0.3 is 5.73 Å². The van der Waals surface area contributed by atoms with Crippen molar-refractivity contribution in [1.82, 2.24) is 0 Å². The topological polar surface area (TPSA) is 77.2 Å². The first-order chi connectivity index (χ1) is 16.5. The average Bonchev–Trinajstić information content (AvgIpc) is 2.84. The zero-order chi connectivity index (χ0) is 27.6. The highest BCUT2D eigenvalue weighted by Gasteiger charge is 2.11. The van der Waals surface area contributed by atoms with Gasteiger partial charge in [0.2, 0.25) is 5.91 Å². The molecular formula is C31H49NO3. The molecule has 4 heteroatoms. The van der Waals surface area contributed by atoms with E-state index in [9.17, 15) is 14.4 Å². The molecule has 35 heavy (non-hydrogen) atoms. The molecule has 0 spiro atoms. The molecular weight excluding hydrogens is 434 g/mol. The number of carbonyl (C=O) groups excluding carboxylic acids is 3. The molecule has 0 radical (unpaired) electrons. The van der Waals surface area contributed by atoms with Gasteiger partial charge in [0.25, 0.3) is 0 Å². The Hall–Kier alpha value is -2.75. The molecule has 0 fully saturated rings. The van der Waals surface area contributed by atoms with Crippen LogP contribution >= 0.6 is 0 Å². The molecule has 0 aliphatic heterocycles. The second-order valence-electron chi connectivity index (χ2n) is 9.04. The molecule has 2 aromatic rings. The van der Waals surface area contributed by atoms with Crippen LogP contribution in [0.15, 0.2) is 48.5 Å². The quantitative estimate of drug-likeness (QED) is 0.383. The lowest BCUT2D eigenvalue weighted by atomic mass is 9.89. The summed E-state index contributed by atoms with van der Waals surface area (Å²) in [7, 11) is 0. The number of amides is 1. The fraction of sp³-hybridized carbons (Fsp3) is 0.516. The van der Waals surface area contributed by atoms with E-state index in [4.69, 9.17) is 5.73 Å². The van der Waals surface area contributed by atoms with Crippen molar-refractivity contribution in [2.45, 2.75) is 88.5 Å². The molecule has 2 aromatic carbocycles. The van der Waals surface area contributed by atoms with Crippen molar-refractivity contribution < 1.29 is 14.4 Å². The van der Waals surface area contributed by atoms with Gasteiger partial charge in [-0.25, -0.2) is 0 Å². The summed E-state index contributed by atoms with van der Waals surface area (Å²) < 4.78 is 0. The van der Waals surface area contributed by atoms with Crippen molar-refractivity contribution in [2.75, 3.05) is 0 Å². The fourth-order valence-electron chi connectivity index (χ4n) is 3.51. The minimum Gasteiger partial charge on any atom is -0.366 e. The smallest absolute Gasteiger partial charge is 0.248 e. The average molecular weight is 484 g/mol. The number of Topliss-reactive ketones (excluding diaryl/α,β-unsaturated/α-hetero) is 2. The summed E-state index contributed by atoms with van der Waals surface area (Å²) >= 11 is 0. The summed E-state index contributed by atoms with van der Waals surface area (Å²) in [5.41, 5.74) is 7.89. The van der Waals surface area contributed by atoms with Crippen molar-refractivity contribution in [3.63, 3.8) is 0 Å². The van der Waals surface area contributed by atoms with E-state index in [-0.39, 0.29) is 17.5 Å². The van der Waals surface area contributed by atoms with Gasteiger partial charge >= 0.3 is 0 Å². The van der Waals surface area contributed by atoms with E-state index in [0.717, 1.165) is 23.0 Å². The standard InChI is InChI=1S/C11H13NO2.C9H10O.C9H20.C2H6/c1-7(2)10(13)8-4-3-5-9(6-8)11(12)14;1-7-5-3-4-6-9(7)8(2)10;1-5-7-9(6-2)8(3)4;1-2/h3-7H,1-2H3,(H2,12,14);3-6H,1-2H3;8-9H,5-7H2,1-4H3;1-2H3. The highest BCUT2D eigenvalue weighted by atomic mass is 16.1. The zero-order valence-corrected chi connectivity index (χ0v) is 23.8. The Morgan fingerprint density at radius 1 is 0.857 bits per heavy atom. The molecule has 196 valence electrons. The number of ketones is 2. The van der Waals surface area contributed by atoms with Crippen LogP contribution in [0, 0.1) is 24.7 Å². The van der Waals surface area contributed by atoms with E-state index in [1.165, 1.54) is 25.3 Å². The summed E-state index contributed by atoms with van der Waals surface area (Å²) in [6.45, 7) is 20.4. The number of hydrogen-bond donors (Lipinski definition) is 1. The first-order valence-electron chi connectivity index (χ1n) is 13.0. The third-order valence-corrected chi connectivity index (χ3v) is 5.61. The lowest BCUT2D eigenvalue weighted by Crippen LogP contribution is -2.13. The third kappa shape index (κ3) is 14.3. The van der Waals surface area contributed by atoms with Gasteiger partial charge in [-0.3, -0.25) is 14.4 Å². The van der Waals surface area contributed by atoms with E-state index < -0.39 is 5.91 Å². The highest BCUT2D eigenvalue weighted by molar-refractivity contribution is 6.00. The van der Waals surface area contributed by atoms with Gasteiger partial charge in [-0.05, 0) is 43.4 Å². The maximum absolute atomic E-state index is 11.6. The highest BCUT2D eigenvalue weighted by Crippen LogP contribution is 2.19. The Morgan fingerprint density at radius 2 is 1.40 bits per heavy atom. The van der Waals surface area contributed by atoms with Crippen LogP contribution in [0.2, 0.25) is 0 Å².